The maximum atomic E-state index is 12.2. The van der Waals surface area contributed by atoms with E-state index >= 15 is 0 Å². The van der Waals surface area contributed by atoms with Crippen LogP contribution in [0.5, 0.6) is 0 Å². The summed E-state index contributed by atoms with van der Waals surface area (Å²) < 4.78 is 48.5. The van der Waals surface area contributed by atoms with Crippen molar-refractivity contribution in [1.29, 1.82) is 0 Å². The predicted octanol–water partition coefficient (Wildman–Crippen LogP) is 2.77. The molecule has 5 nitrogen and oxygen atoms in total. The van der Waals surface area contributed by atoms with Gasteiger partial charge in [0.05, 0.1) is 15.3 Å². The quantitative estimate of drug-likeness (QED) is 0.858. The number of nitrogens with one attached hydrogen (secondary N) is 1. The summed E-state index contributed by atoms with van der Waals surface area (Å²) in [7, 11) is -2.12. The lowest BCUT2D eigenvalue weighted by atomic mass is 10.1. The molecule has 1 aromatic rings. The highest BCUT2D eigenvalue weighted by molar-refractivity contribution is 8.13. The Bertz CT molecular complexity index is 708. The van der Waals surface area contributed by atoms with E-state index in [2.05, 4.69) is 4.72 Å². The van der Waals surface area contributed by atoms with Gasteiger partial charge in [-0.15, -0.1) is 0 Å². The molecule has 0 aliphatic rings. The maximum Gasteiger partial charge on any atom is 0.261 e. The monoisotopic (exact) mass is 339 g/mol. The van der Waals surface area contributed by atoms with Crippen LogP contribution >= 0.6 is 10.7 Å². The Hall–Kier alpha value is -0.790. The van der Waals surface area contributed by atoms with E-state index in [0.717, 1.165) is 0 Å². The fourth-order valence-electron chi connectivity index (χ4n) is 1.51. The standard InChI is InChI=1S/C12H18ClNO4S2/c1-8-6-10(19(13,15)16)7-9(2)11(8)14-20(17,18)12(3,4)5/h6-7,14H,1-5H3. The Kier molecular flexibility index (Phi) is 4.49. The van der Waals surface area contributed by atoms with E-state index in [1.807, 2.05) is 0 Å². The summed E-state index contributed by atoms with van der Waals surface area (Å²) in [4.78, 5) is -0.0483. The van der Waals surface area contributed by atoms with Crippen LogP contribution in [0.3, 0.4) is 0 Å². The second-order valence-corrected chi connectivity index (χ2v) is 10.6. The van der Waals surface area contributed by atoms with E-state index in [1.54, 1.807) is 34.6 Å². The summed E-state index contributed by atoms with van der Waals surface area (Å²) in [5.41, 5.74) is 1.37. The Labute approximate surface area is 124 Å². The van der Waals surface area contributed by atoms with Crippen molar-refractivity contribution in [1.82, 2.24) is 0 Å². The molecular weight excluding hydrogens is 322 g/mol. The van der Waals surface area contributed by atoms with Gasteiger partial charge < -0.3 is 0 Å². The molecule has 0 aliphatic carbocycles. The first-order valence-electron chi connectivity index (χ1n) is 5.84. The summed E-state index contributed by atoms with van der Waals surface area (Å²) in [6, 6.07) is 2.69. The molecule has 1 aromatic carbocycles. The number of halogens is 1. The van der Waals surface area contributed by atoms with Crippen molar-refractivity contribution in [3.63, 3.8) is 0 Å². The minimum absolute atomic E-state index is 0.0483. The summed E-state index contributed by atoms with van der Waals surface area (Å²) in [6.07, 6.45) is 0. The molecule has 0 aromatic heterocycles. The molecule has 1 rings (SSSR count). The second kappa shape index (κ2) is 5.20. The predicted molar refractivity (Wildman–Crippen MR) is 81.3 cm³/mol. The van der Waals surface area contributed by atoms with E-state index in [0.29, 0.717) is 16.8 Å². The van der Waals surface area contributed by atoms with Crippen molar-refractivity contribution < 1.29 is 16.8 Å². The summed E-state index contributed by atoms with van der Waals surface area (Å²) >= 11 is 0. The van der Waals surface area contributed by atoms with Crippen molar-refractivity contribution in [2.75, 3.05) is 4.72 Å². The van der Waals surface area contributed by atoms with Crippen molar-refractivity contribution in [3.8, 4) is 0 Å². The van der Waals surface area contributed by atoms with E-state index in [9.17, 15) is 16.8 Å². The van der Waals surface area contributed by atoms with Crippen LogP contribution in [0.15, 0.2) is 17.0 Å². The van der Waals surface area contributed by atoms with Crippen LogP contribution < -0.4 is 4.72 Å². The first-order valence-corrected chi connectivity index (χ1v) is 9.63. The van der Waals surface area contributed by atoms with Crippen LogP contribution in [0.25, 0.3) is 0 Å². The minimum Gasteiger partial charge on any atom is -0.283 e. The highest BCUT2D eigenvalue weighted by atomic mass is 35.7. The molecule has 0 spiro atoms. The molecule has 0 saturated carbocycles. The third-order valence-electron chi connectivity index (χ3n) is 2.83. The molecule has 0 atom stereocenters. The van der Waals surface area contributed by atoms with Crippen LogP contribution in [0.2, 0.25) is 0 Å². The number of anilines is 1. The molecule has 0 saturated heterocycles. The van der Waals surface area contributed by atoms with Crippen LogP contribution in [0.4, 0.5) is 5.69 Å². The van der Waals surface area contributed by atoms with Crippen LogP contribution in [0, 0.1) is 13.8 Å². The molecule has 0 aliphatic heterocycles. The van der Waals surface area contributed by atoms with Crippen molar-refractivity contribution >= 4 is 35.4 Å². The largest absolute Gasteiger partial charge is 0.283 e. The molecule has 8 heteroatoms. The number of aryl methyl sites for hydroxylation is 2. The zero-order valence-corrected chi connectivity index (χ0v) is 14.4. The van der Waals surface area contributed by atoms with Gasteiger partial charge in [0.25, 0.3) is 9.05 Å². The van der Waals surface area contributed by atoms with Crippen molar-refractivity contribution in [2.24, 2.45) is 0 Å². The molecule has 20 heavy (non-hydrogen) atoms. The normalized spacial score (nSPS) is 13.3. The number of sulfonamides is 1. The molecule has 0 fully saturated rings. The smallest absolute Gasteiger partial charge is 0.261 e. The highest BCUT2D eigenvalue weighted by Crippen LogP contribution is 2.29. The third kappa shape index (κ3) is 3.65. The van der Waals surface area contributed by atoms with Gasteiger partial charge in [0.15, 0.2) is 0 Å². The lowest BCUT2D eigenvalue weighted by molar-refractivity contribution is 0.566. The maximum absolute atomic E-state index is 12.2. The van der Waals surface area contributed by atoms with Gasteiger partial charge in [0.1, 0.15) is 0 Å². The topological polar surface area (TPSA) is 80.3 Å². The lowest BCUT2D eigenvalue weighted by Crippen LogP contribution is -2.34. The summed E-state index contributed by atoms with van der Waals surface area (Å²) in [5, 5.41) is 0. The first kappa shape index (κ1) is 17.3. The Morgan fingerprint density at radius 1 is 1.00 bits per heavy atom. The number of hydrogen-bond acceptors (Lipinski definition) is 4. The van der Waals surface area contributed by atoms with E-state index in [4.69, 9.17) is 10.7 Å². The second-order valence-electron chi connectivity index (χ2n) is 5.59. The van der Waals surface area contributed by atoms with Gasteiger partial charge in [-0.25, -0.2) is 16.8 Å². The number of benzene rings is 1. The first-order chi connectivity index (χ1) is 8.75. The third-order valence-corrected chi connectivity index (χ3v) is 6.25. The summed E-state index contributed by atoms with van der Waals surface area (Å²) in [5.74, 6) is 0. The Balaban J connectivity index is 3.38. The fourth-order valence-corrected chi connectivity index (χ4v) is 3.31. The van der Waals surface area contributed by atoms with Gasteiger partial charge in [0.2, 0.25) is 10.0 Å². The molecule has 1 N–H and O–H groups in total. The zero-order chi connectivity index (χ0) is 15.9. The average Bonchev–Trinajstić information content (AvgIpc) is 2.20. The van der Waals surface area contributed by atoms with Crippen LogP contribution in [0.1, 0.15) is 31.9 Å². The van der Waals surface area contributed by atoms with Crippen molar-refractivity contribution in [2.45, 2.75) is 44.3 Å². The van der Waals surface area contributed by atoms with E-state index in [-0.39, 0.29) is 4.90 Å². The fraction of sp³-hybridized carbons (Fsp3) is 0.500. The van der Waals surface area contributed by atoms with Gasteiger partial charge in [-0.1, -0.05) is 0 Å². The van der Waals surface area contributed by atoms with E-state index < -0.39 is 23.8 Å². The molecule has 0 heterocycles. The Morgan fingerprint density at radius 3 is 1.70 bits per heavy atom. The molecule has 0 amide bonds. The van der Waals surface area contributed by atoms with Gasteiger partial charge in [-0.05, 0) is 57.9 Å². The average molecular weight is 340 g/mol. The van der Waals surface area contributed by atoms with Gasteiger partial charge in [-0.2, -0.15) is 0 Å². The molecule has 0 radical (unpaired) electrons. The SMILES string of the molecule is Cc1cc(S(=O)(=O)Cl)cc(C)c1NS(=O)(=O)C(C)(C)C. The molecule has 114 valence electrons. The van der Waals surface area contributed by atoms with Gasteiger partial charge >= 0.3 is 0 Å². The lowest BCUT2D eigenvalue weighted by Gasteiger charge is -2.22. The molecule has 0 bridgehead atoms. The number of hydrogen-bond donors (Lipinski definition) is 1. The van der Waals surface area contributed by atoms with Crippen LogP contribution in [-0.4, -0.2) is 21.6 Å². The minimum atomic E-state index is -3.84. The number of rotatable bonds is 3. The van der Waals surface area contributed by atoms with Gasteiger partial charge in [0, 0.05) is 10.7 Å². The van der Waals surface area contributed by atoms with Gasteiger partial charge in [-0.3, -0.25) is 4.72 Å². The summed E-state index contributed by atoms with van der Waals surface area (Å²) in [6.45, 7) is 7.99. The van der Waals surface area contributed by atoms with Crippen LogP contribution in [-0.2, 0) is 19.1 Å². The van der Waals surface area contributed by atoms with Crippen molar-refractivity contribution in [3.05, 3.63) is 23.3 Å². The Morgan fingerprint density at radius 2 is 1.40 bits per heavy atom. The van der Waals surface area contributed by atoms with E-state index in [1.165, 1.54) is 12.1 Å². The highest BCUT2D eigenvalue weighted by Gasteiger charge is 2.30. The molecular formula is C12H18ClNO4S2. The zero-order valence-electron chi connectivity index (χ0n) is 12.0. The molecule has 0 unspecified atom stereocenters.